The van der Waals surface area contributed by atoms with Gasteiger partial charge in [-0.3, -0.25) is 9.71 Å². The van der Waals surface area contributed by atoms with Crippen LogP contribution in [0.25, 0.3) is 5.69 Å². The maximum Gasteiger partial charge on any atom is 0.229 e. The maximum atomic E-state index is 12.0. The van der Waals surface area contributed by atoms with Gasteiger partial charge in [0.1, 0.15) is 11.8 Å². The average Bonchev–Trinajstić information content (AvgIpc) is 3.48. The van der Waals surface area contributed by atoms with E-state index in [1.807, 2.05) is 71.8 Å². The summed E-state index contributed by atoms with van der Waals surface area (Å²) in [7, 11) is -2.03. The topological polar surface area (TPSA) is 88.5 Å². The van der Waals surface area contributed by atoms with Crippen LogP contribution in [0.5, 0.6) is 5.75 Å². The number of nitrogens with one attached hydrogen (secondary N) is 2. The molecule has 0 saturated carbocycles. The van der Waals surface area contributed by atoms with Crippen LogP contribution < -0.4 is 19.7 Å². The normalized spacial score (nSPS) is 17.6. The first-order valence-corrected chi connectivity index (χ1v) is 13.5. The molecule has 3 heterocycles. The predicted octanol–water partition coefficient (Wildman–Crippen LogP) is 4.43. The molecule has 0 bridgehead atoms. The SMILES string of the molecule is COc1ccc(N2C(=S)N[C@H](c3ccccn3)[C@@H]2c2cccn2-c2ccccc2)cc1NS(C)(=O)=O. The molecule has 2 N–H and O–H groups in total. The van der Waals surface area contributed by atoms with E-state index in [-0.39, 0.29) is 12.1 Å². The van der Waals surface area contributed by atoms with Gasteiger partial charge in [-0.1, -0.05) is 24.3 Å². The van der Waals surface area contributed by atoms with Crippen molar-refractivity contribution in [3.8, 4) is 11.4 Å². The standard InChI is InChI=1S/C26H25N5O3S2/c1-34-23-14-13-19(17-21(23)29-36(2,32)33)31-25(24(28-26(31)35)20-11-6-7-15-27-20)22-12-8-16-30(22)18-9-4-3-5-10-18/h3-17,24-25,29H,1-2H3,(H,28,35)/t24-,25+/m1/s1. The van der Waals surface area contributed by atoms with E-state index in [1.165, 1.54) is 7.11 Å². The third-order valence-electron chi connectivity index (χ3n) is 5.97. The van der Waals surface area contributed by atoms with Crippen LogP contribution in [0.15, 0.2) is 91.3 Å². The van der Waals surface area contributed by atoms with Gasteiger partial charge in [0.25, 0.3) is 0 Å². The summed E-state index contributed by atoms with van der Waals surface area (Å²) in [6.07, 6.45) is 4.88. The summed E-state index contributed by atoms with van der Waals surface area (Å²) in [6, 6.07) is 24.7. The molecule has 5 rings (SSSR count). The zero-order valence-electron chi connectivity index (χ0n) is 19.7. The quantitative estimate of drug-likeness (QED) is 0.349. The van der Waals surface area contributed by atoms with E-state index >= 15 is 0 Å². The first kappa shape index (κ1) is 23.8. The molecule has 8 nitrogen and oxygen atoms in total. The number of hydrogen-bond donors (Lipinski definition) is 2. The Kier molecular flexibility index (Phi) is 6.38. The Balaban J connectivity index is 1.67. The lowest BCUT2D eigenvalue weighted by atomic mass is 10.0. The molecule has 1 aliphatic rings. The van der Waals surface area contributed by atoms with E-state index in [1.54, 1.807) is 18.3 Å². The minimum absolute atomic E-state index is 0.246. The monoisotopic (exact) mass is 519 g/mol. The lowest BCUT2D eigenvalue weighted by Crippen LogP contribution is -2.30. The molecule has 0 amide bonds. The molecule has 1 fully saturated rings. The van der Waals surface area contributed by atoms with Gasteiger partial charge in [-0.15, -0.1) is 0 Å². The van der Waals surface area contributed by atoms with Crippen LogP contribution >= 0.6 is 12.2 Å². The lowest BCUT2D eigenvalue weighted by Gasteiger charge is -2.29. The third-order valence-corrected chi connectivity index (χ3v) is 6.88. The zero-order valence-corrected chi connectivity index (χ0v) is 21.3. The van der Waals surface area contributed by atoms with Gasteiger partial charge in [-0.05, 0) is 66.8 Å². The highest BCUT2D eigenvalue weighted by Gasteiger charge is 2.42. The van der Waals surface area contributed by atoms with E-state index in [4.69, 9.17) is 17.0 Å². The highest BCUT2D eigenvalue weighted by atomic mass is 32.2. The van der Waals surface area contributed by atoms with Gasteiger partial charge < -0.3 is 19.5 Å². The second kappa shape index (κ2) is 9.63. The molecule has 2 aromatic carbocycles. The van der Waals surface area contributed by atoms with Crippen LogP contribution in [0.2, 0.25) is 0 Å². The summed E-state index contributed by atoms with van der Waals surface area (Å²) >= 11 is 5.83. The van der Waals surface area contributed by atoms with Gasteiger partial charge in [0, 0.05) is 29.5 Å². The van der Waals surface area contributed by atoms with Crippen LogP contribution in [0, 0.1) is 0 Å². The molecule has 0 spiro atoms. The number of pyridine rings is 1. The van der Waals surface area contributed by atoms with Crippen molar-refractivity contribution in [1.82, 2.24) is 14.9 Å². The summed E-state index contributed by atoms with van der Waals surface area (Å²) in [5, 5.41) is 3.95. The molecular formula is C26H25N5O3S2. The first-order chi connectivity index (χ1) is 17.4. The highest BCUT2D eigenvalue weighted by molar-refractivity contribution is 7.92. The number of hydrogen-bond acceptors (Lipinski definition) is 5. The Morgan fingerprint density at radius 3 is 2.47 bits per heavy atom. The maximum absolute atomic E-state index is 12.0. The lowest BCUT2D eigenvalue weighted by molar-refractivity contribution is 0.417. The van der Waals surface area contributed by atoms with Crippen molar-refractivity contribution in [3.63, 3.8) is 0 Å². The van der Waals surface area contributed by atoms with Gasteiger partial charge >= 0.3 is 0 Å². The molecule has 0 unspecified atom stereocenters. The van der Waals surface area contributed by atoms with E-state index in [0.29, 0.717) is 22.2 Å². The van der Waals surface area contributed by atoms with Gasteiger partial charge in [0.15, 0.2) is 5.11 Å². The summed E-state index contributed by atoms with van der Waals surface area (Å²) in [5.74, 6) is 0.410. The van der Waals surface area contributed by atoms with Crippen LogP contribution in [-0.4, -0.2) is 36.4 Å². The molecule has 2 atom stereocenters. The molecule has 0 radical (unpaired) electrons. The summed E-state index contributed by atoms with van der Waals surface area (Å²) in [6.45, 7) is 0. The van der Waals surface area contributed by atoms with Crippen molar-refractivity contribution in [2.24, 2.45) is 0 Å². The van der Waals surface area contributed by atoms with Crippen molar-refractivity contribution >= 4 is 38.7 Å². The highest BCUT2D eigenvalue weighted by Crippen LogP contribution is 2.43. The average molecular weight is 520 g/mol. The molecule has 10 heteroatoms. The Morgan fingerprint density at radius 2 is 1.78 bits per heavy atom. The summed E-state index contributed by atoms with van der Waals surface area (Å²) < 4.78 is 34.1. The fourth-order valence-corrected chi connectivity index (χ4v) is 5.42. The molecule has 36 heavy (non-hydrogen) atoms. The number of aromatic nitrogens is 2. The number of sulfonamides is 1. The molecule has 184 valence electrons. The zero-order chi connectivity index (χ0) is 25.3. The van der Waals surface area contributed by atoms with E-state index in [9.17, 15) is 8.42 Å². The fourth-order valence-electron chi connectivity index (χ4n) is 4.52. The second-order valence-corrected chi connectivity index (χ2v) is 10.5. The number of para-hydroxylation sites is 1. The van der Waals surface area contributed by atoms with Crippen molar-refractivity contribution < 1.29 is 13.2 Å². The summed E-state index contributed by atoms with van der Waals surface area (Å²) in [5.41, 5.74) is 3.90. The van der Waals surface area contributed by atoms with Gasteiger partial charge in [0.2, 0.25) is 10.0 Å². The predicted molar refractivity (Wildman–Crippen MR) is 145 cm³/mol. The first-order valence-electron chi connectivity index (χ1n) is 11.2. The number of anilines is 2. The number of nitrogens with zero attached hydrogens (tertiary/aromatic N) is 3. The van der Waals surface area contributed by atoms with E-state index in [2.05, 4.69) is 25.7 Å². The van der Waals surface area contributed by atoms with Gasteiger partial charge in [-0.2, -0.15) is 0 Å². The van der Waals surface area contributed by atoms with Gasteiger partial charge in [0.05, 0.1) is 30.8 Å². The van der Waals surface area contributed by atoms with Crippen LogP contribution in [0.3, 0.4) is 0 Å². The Labute approximate surface area is 215 Å². The minimum atomic E-state index is -3.53. The van der Waals surface area contributed by atoms with Crippen LogP contribution in [-0.2, 0) is 10.0 Å². The molecule has 0 aliphatic carbocycles. The van der Waals surface area contributed by atoms with Crippen molar-refractivity contribution in [2.45, 2.75) is 12.1 Å². The number of ether oxygens (including phenoxy) is 1. The van der Waals surface area contributed by atoms with E-state index in [0.717, 1.165) is 23.3 Å². The van der Waals surface area contributed by atoms with Crippen molar-refractivity contribution in [2.75, 3.05) is 23.0 Å². The molecule has 1 aliphatic heterocycles. The third kappa shape index (κ3) is 4.65. The number of benzene rings is 2. The van der Waals surface area contributed by atoms with Gasteiger partial charge in [-0.25, -0.2) is 8.42 Å². The molecule has 2 aromatic heterocycles. The Morgan fingerprint density at radius 1 is 1.00 bits per heavy atom. The molecule has 4 aromatic rings. The van der Waals surface area contributed by atoms with Crippen molar-refractivity contribution in [1.29, 1.82) is 0 Å². The van der Waals surface area contributed by atoms with Crippen LogP contribution in [0.4, 0.5) is 11.4 Å². The molecule has 1 saturated heterocycles. The summed E-state index contributed by atoms with van der Waals surface area (Å²) in [4.78, 5) is 6.61. The number of rotatable bonds is 7. The molecular weight excluding hydrogens is 494 g/mol. The smallest absolute Gasteiger partial charge is 0.229 e. The largest absolute Gasteiger partial charge is 0.495 e. The van der Waals surface area contributed by atoms with Crippen molar-refractivity contribution in [3.05, 3.63) is 103 Å². The Hall–Kier alpha value is -3.89. The number of thiocarbonyl (C=S) groups is 1. The number of methoxy groups -OCH3 is 1. The Bertz CT molecular complexity index is 1490. The minimum Gasteiger partial charge on any atom is -0.495 e. The second-order valence-electron chi connectivity index (χ2n) is 8.39. The fraction of sp³-hybridized carbons (Fsp3) is 0.154. The van der Waals surface area contributed by atoms with E-state index < -0.39 is 10.0 Å². The van der Waals surface area contributed by atoms with Crippen LogP contribution in [0.1, 0.15) is 23.5 Å².